The van der Waals surface area contributed by atoms with Crippen LogP contribution in [0.1, 0.15) is 32.1 Å². The third-order valence-electron chi connectivity index (χ3n) is 3.57. The molecule has 1 saturated heterocycles. The van der Waals surface area contributed by atoms with Crippen LogP contribution < -0.4 is 5.32 Å². The molecule has 1 heterocycles. The van der Waals surface area contributed by atoms with Gasteiger partial charge in [-0.2, -0.15) is 8.42 Å². The van der Waals surface area contributed by atoms with E-state index in [1.54, 1.807) is 4.90 Å². The normalized spacial score (nSPS) is 23.4. The van der Waals surface area contributed by atoms with E-state index in [1.165, 1.54) is 0 Å². The predicted octanol–water partition coefficient (Wildman–Crippen LogP) is 0.665. The summed E-state index contributed by atoms with van der Waals surface area (Å²) in [6.45, 7) is 2.56. The third kappa shape index (κ3) is 4.32. The molecule has 8 heteroatoms. The van der Waals surface area contributed by atoms with Crippen LogP contribution in [0.25, 0.3) is 0 Å². The Balaban J connectivity index is 2.04. The molecule has 0 aromatic rings. The first-order valence-electron chi connectivity index (χ1n) is 7.00. The highest BCUT2D eigenvalue weighted by atomic mass is 32.2. The fourth-order valence-electron chi connectivity index (χ4n) is 2.64. The summed E-state index contributed by atoms with van der Waals surface area (Å²) in [4.78, 5) is 13.7. The summed E-state index contributed by atoms with van der Waals surface area (Å²) in [5.41, 5.74) is 0. The second-order valence-electron chi connectivity index (χ2n) is 5.36. The lowest BCUT2D eigenvalue weighted by molar-refractivity contribution is -0.163. The number of piperazine rings is 1. The number of carbonyl (C=O) groups excluding carboxylic acids is 1. The molecule has 0 spiro atoms. The van der Waals surface area contributed by atoms with E-state index < -0.39 is 22.0 Å². The van der Waals surface area contributed by atoms with E-state index >= 15 is 0 Å². The molecular weight excluding hydrogens is 284 g/mol. The van der Waals surface area contributed by atoms with E-state index in [9.17, 15) is 13.2 Å². The van der Waals surface area contributed by atoms with Gasteiger partial charge in [-0.15, -0.1) is 0 Å². The molecule has 0 unspecified atom stereocenters. The number of nitrogens with one attached hydrogen (secondary N) is 1. The fraction of sp³-hybridized carbons (Fsp3) is 0.917. The molecule has 0 aromatic carbocycles. The van der Waals surface area contributed by atoms with Crippen LogP contribution in [-0.4, -0.2) is 57.6 Å². The average Bonchev–Trinajstić information content (AvgIpc) is 2.38. The van der Waals surface area contributed by atoms with Gasteiger partial charge in [-0.25, -0.2) is 8.98 Å². The number of rotatable bonds is 3. The smallest absolute Gasteiger partial charge is 0.412 e. The maximum absolute atomic E-state index is 12.2. The molecular formula is C12H22N2O5S. The van der Waals surface area contributed by atoms with Gasteiger partial charge in [0.25, 0.3) is 10.1 Å². The lowest BCUT2D eigenvalue weighted by Gasteiger charge is -2.37. The molecule has 1 aliphatic carbocycles. The van der Waals surface area contributed by atoms with Crippen molar-refractivity contribution in [3.05, 3.63) is 0 Å². The minimum absolute atomic E-state index is 0.428. The Morgan fingerprint density at radius 3 is 2.30 bits per heavy atom. The molecule has 0 aromatic heterocycles. The first kappa shape index (κ1) is 15.5. The number of hydrogen-bond donors (Lipinski definition) is 1. The molecule has 0 radical (unpaired) electrons. The molecule has 1 saturated carbocycles. The molecule has 116 valence electrons. The number of amides is 1. The van der Waals surface area contributed by atoms with Crippen LogP contribution in [0.4, 0.5) is 4.79 Å². The Bertz CT molecular complexity index is 439. The van der Waals surface area contributed by atoms with Gasteiger partial charge >= 0.3 is 6.09 Å². The van der Waals surface area contributed by atoms with Gasteiger partial charge in [0, 0.05) is 39.0 Å². The predicted molar refractivity (Wildman–Crippen MR) is 72.7 cm³/mol. The average molecular weight is 306 g/mol. The van der Waals surface area contributed by atoms with Gasteiger partial charge in [0.1, 0.15) is 0 Å². The minimum Gasteiger partial charge on any atom is -0.416 e. The van der Waals surface area contributed by atoms with Gasteiger partial charge in [-0.05, 0) is 12.8 Å². The third-order valence-corrected chi connectivity index (χ3v) is 4.17. The van der Waals surface area contributed by atoms with Crippen molar-refractivity contribution >= 4 is 16.2 Å². The summed E-state index contributed by atoms with van der Waals surface area (Å²) in [7, 11) is -3.67. The second kappa shape index (κ2) is 6.28. The molecule has 0 bridgehead atoms. The van der Waals surface area contributed by atoms with Crippen LogP contribution in [0.3, 0.4) is 0 Å². The van der Waals surface area contributed by atoms with Crippen molar-refractivity contribution in [2.24, 2.45) is 0 Å². The maximum atomic E-state index is 12.2. The monoisotopic (exact) mass is 306 g/mol. The van der Waals surface area contributed by atoms with Crippen molar-refractivity contribution in [2.75, 3.05) is 32.4 Å². The van der Waals surface area contributed by atoms with E-state index in [0.29, 0.717) is 25.9 Å². The molecule has 7 nitrogen and oxygen atoms in total. The van der Waals surface area contributed by atoms with Crippen LogP contribution in [0.15, 0.2) is 0 Å². The molecule has 2 rings (SSSR count). The summed E-state index contributed by atoms with van der Waals surface area (Å²) in [5.74, 6) is -1.31. The highest BCUT2D eigenvalue weighted by Gasteiger charge is 2.41. The zero-order valence-electron chi connectivity index (χ0n) is 11.8. The molecule has 1 aliphatic heterocycles. The molecule has 2 aliphatic rings. The van der Waals surface area contributed by atoms with Gasteiger partial charge < -0.3 is 15.0 Å². The number of nitrogens with zero attached hydrogens (tertiary/aromatic N) is 1. The van der Waals surface area contributed by atoms with Crippen molar-refractivity contribution in [1.82, 2.24) is 10.2 Å². The molecule has 20 heavy (non-hydrogen) atoms. The number of carbonyl (C=O) groups is 1. The van der Waals surface area contributed by atoms with Crippen LogP contribution >= 0.6 is 0 Å². The Labute approximate surface area is 119 Å². The topological polar surface area (TPSA) is 84.9 Å². The van der Waals surface area contributed by atoms with Gasteiger partial charge in [-0.3, -0.25) is 0 Å². The number of ether oxygens (including phenoxy) is 1. The van der Waals surface area contributed by atoms with Crippen LogP contribution in [0.5, 0.6) is 0 Å². The molecule has 2 fully saturated rings. The summed E-state index contributed by atoms with van der Waals surface area (Å²) >= 11 is 0. The van der Waals surface area contributed by atoms with Crippen LogP contribution in [0.2, 0.25) is 0 Å². The highest BCUT2D eigenvalue weighted by Crippen LogP contribution is 2.34. The SMILES string of the molecule is CS(=O)(=O)OC1(OC(=O)N2CCNCC2)CCCCC1. The Morgan fingerprint density at radius 1 is 1.15 bits per heavy atom. The zero-order chi connectivity index (χ0) is 14.6. The maximum Gasteiger partial charge on any atom is 0.412 e. The minimum atomic E-state index is -3.67. The second-order valence-corrected chi connectivity index (χ2v) is 6.94. The summed E-state index contributed by atoms with van der Waals surface area (Å²) in [6, 6.07) is 0. The van der Waals surface area contributed by atoms with E-state index in [1.807, 2.05) is 0 Å². The fourth-order valence-corrected chi connectivity index (χ4v) is 3.39. The molecule has 1 N–H and O–H groups in total. The first-order valence-corrected chi connectivity index (χ1v) is 8.81. The quantitative estimate of drug-likeness (QED) is 0.609. The summed E-state index contributed by atoms with van der Waals surface area (Å²) in [6.07, 6.45) is 3.95. The zero-order valence-corrected chi connectivity index (χ0v) is 12.6. The van der Waals surface area contributed by atoms with Crippen LogP contribution in [0, 0.1) is 0 Å². The summed E-state index contributed by atoms with van der Waals surface area (Å²) < 4.78 is 33.4. The lowest BCUT2D eigenvalue weighted by atomic mass is 9.94. The Morgan fingerprint density at radius 2 is 1.75 bits per heavy atom. The van der Waals surface area contributed by atoms with E-state index in [2.05, 4.69) is 5.32 Å². The van der Waals surface area contributed by atoms with Crippen LogP contribution in [-0.2, 0) is 19.0 Å². The van der Waals surface area contributed by atoms with E-state index in [4.69, 9.17) is 8.92 Å². The Kier molecular flexibility index (Phi) is 4.87. The van der Waals surface area contributed by atoms with Crippen molar-refractivity contribution in [2.45, 2.75) is 37.9 Å². The molecule has 1 amide bonds. The Hall–Kier alpha value is -0.860. The van der Waals surface area contributed by atoms with Crippen molar-refractivity contribution < 1.29 is 22.1 Å². The van der Waals surface area contributed by atoms with E-state index in [-0.39, 0.29) is 0 Å². The van der Waals surface area contributed by atoms with E-state index in [0.717, 1.165) is 38.6 Å². The van der Waals surface area contributed by atoms with Gasteiger partial charge in [0.15, 0.2) is 0 Å². The lowest BCUT2D eigenvalue weighted by Crippen LogP contribution is -2.50. The van der Waals surface area contributed by atoms with Gasteiger partial charge in [-0.1, -0.05) is 6.42 Å². The van der Waals surface area contributed by atoms with Gasteiger partial charge in [0.05, 0.1) is 6.26 Å². The largest absolute Gasteiger partial charge is 0.416 e. The standard InChI is InChI=1S/C12H22N2O5S/c1-20(16,17)19-12(5-3-2-4-6-12)18-11(15)14-9-7-13-8-10-14/h13H,2-10H2,1H3. The van der Waals surface area contributed by atoms with Crippen molar-refractivity contribution in [1.29, 1.82) is 0 Å². The summed E-state index contributed by atoms with van der Waals surface area (Å²) in [5, 5.41) is 3.14. The van der Waals surface area contributed by atoms with Crippen molar-refractivity contribution in [3.8, 4) is 0 Å². The van der Waals surface area contributed by atoms with Crippen molar-refractivity contribution in [3.63, 3.8) is 0 Å². The number of hydrogen-bond acceptors (Lipinski definition) is 6. The highest BCUT2D eigenvalue weighted by molar-refractivity contribution is 7.86. The molecule has 0 atom stereocenters. The van der Waals surface area contributed by atoms with Gasteiger partial charge in [0.2, 0.25) is 5.79 Å². The first-order chi connectivity index (χ1) is 9.40.